The Balaban J connectivity index is 2.59. The number of hydrogen-bond acceptors (Lipinski definition) is 1. The van der Waals surface area contributed by atoms with Crippen LogP contribution < -0.4 is 5.32 Å². The Morgan fingerprint density at radius 1 is 1.43 bits per heavy atom. The Labute approximate surface area is 90.5 Å². The number of benzene rings is 1. The number of hydrogen-bond donors (Lipinski definition) is 1. The van der Waals surface area contributed by atoms with E-state index in [0.29, 0.717) is 6.04 Å². The van der Waals surface area contributed by atoms with Crippen molar-refractivity contribution in [3.05, 3.63) is 34.9 Å². The van der Waals surface area contributed by atoms with Gasteiger partial charge in [0.25, 0.3) is 0 Å². The minimum Gasteiger partial charge on any atom is -0.316 e. The number of halogens is 1. The van der Waals surface area contributed by atoms with Crippen LogP contribution in [0.1, 0.15) is 12.0 Å². The van der Waals surface area contributed by atoms with Crippen molar-refractivity contribution in [3.63, 3.8) is 0 Å². The van der Waals surface area contributed by atoms with E-state index >= 15 is 0 Å². The van der Waals surface area contributed by atoms with Crippen molar-refractivity contribution in [3.8, 4) is 12.3 Å². The normalized spacial score (nSPS) is 12.1. The predicted octanol–water partition coefficient (Wildman–Crippen LogP) is 2.49. The number of terminal acetylenes is 1. The van der Waals surface area contributed by atoms with Gasteiger partial charge in [-0.25, -0.2) is 0 Å². The first-order chi connectivity index (χ1) is 6.76. The fraction of sp³-hybridized carbons (Fsp3) is 0.333. The van der Waals surface area contributed by atoms with Crippen molar-refractivity contribution in [2.45, 2.75) is 18.9 Å². The van der Waals surface area contributed by atoms with E-state index in [0.717, 1.165) is 17.9 Å². The van der Waals surface area contributed by atoms with Crippen molar-refractivity contribution in [1.82, 2.24) is 5.32 Å². The standard InChI is InChI=1S/C12H14ClN/c1-3-4-12(14-2)9-10-5-7-11(13)8-6-10/h1,5-8,12,14H,4,9H2,2H3. The summed E-state index contributed by atoms with van der Waals surface area (Å²) in [6.45, 7) is 0. The molecule has 0 aliphatic carbocycles. The minimum absolute atomic E-state index is 0.348. The lowest BCUT2D eigenvalue weighted by atomic mass is 10.0. The molecule has 0 saturated carbocycles. The van der Waals surface area contributed by atoms with Gasteiger partial charge in [-0.1, -0.05) is 23.7 Å². The molecule has 1 rings (SSSR count). The SMILES string of the molecule is C#CCC(Cc1ccc(Cl)cc1)NC. The van der Waals surface area contributed by atoms with Gasteiger partial charge in [0.15, 0.2) is 0 Å². The van der Waals surface area contributed by atoms with E-state index in [4.69, 9.17) is 18.0 Å². The van der Waals surface area contributed by atoms with Crippen molar-refractivity contribution >= 4 is 11.6 Å². The molecule has 0 bridgehead atoms. The molecule has 0 heterocycles. The Hall–Kier alpha value is -0.970. The summed E-state index contributed by atoms with van der Waals surface area (Å²) in [5, 5.41) is 3.96. The van der Waals surface area contributed by atoms with Gasteiger partial charge in [-0.2, -0.15) is 0 Å². The van der Waals surface area contributed by atoms with E-state index in [1.165, 1.54) is 5.56 Å². The van der Waals surface area contributed by atoms with E-state index in [2.05, 4.69) is 11.2 Å². The van der Waals surface area contributed by atoms with Crippen molar-refractivity contribution in [2.75, 3.05) is 7.05 Å². The van der Waals surface area contributed by atoms with Gasteiger partial charge in [0.2, 0.25) is 0 Å². The second-order valence-electron chi connectivity index (χ2n) is 3.22. The first kappa shape index (κ1) is 11.1. The summed E-state index contributed by atoms with van der Waals surface area (Å²) in [5.74, 6) is 2.66. The van der Waals surface area contributed by atoms with Gasteiger partial charge >= 0.3 is 0 Å². The molecule has 0 saturated heterocycles. The number of likely N-dealkylation sites (N-methyl/N-ethyl adjacent to an activating group) is 1. The highest BCUT2D eigenvalue weighted by Crippen LogP contribution is 2.11. The van der Waals surface area contributed by atoms with Gasteiger partial charge in [0.05, 0.1) is 0 Å². The summed E-state index contributed by atoms with van der Waals surface area (Å²) < 4.78 is 0. The molecule has 1 N–H and O–H groups in total. The van der Waals surface area contributed by atoms with Crippen molar-refractivity contribution in [2.24, 2.45) is 0 Å². The second kappa shape index (κ2) is 5.70. The lowest BCUT2D eigenvalue weighted by Gasteiger charge is -2.12. The highest BCUT2D eigenvalue weighted by Gasteiger charge is 2.04. The topological polar surface area (TPSA) is 12.0 Å². The highest BCUT2D eigenvalue weighted by molar-refractivity contribution is 6.30. The molecule has 0 aromatic heterocycles. The molecule has 2 heteroatoms. The van der Waals surface area contributed by atoms with Crippen LogP contribution in [0.2, 0.25) is 5.02 Å². The lowest BCUT2D eigenvalue weighted by Crippen LogP contribution is -2.26. The third-order valence-electron chi connectivity index (χ3n) is 2.17. The molecule has 1 aromatic carbocycles. The Kier molecular flexibility index (Phi) is 4.52. The molecule has 0 aliphatic heterocycles. The fourth-order valence-electron chi connectivity index (χ4n) is 1.32. The summed E-state index contributed by atoms with van der Waals surface area (Å²) in [6.07, 6.45) is 6.96. The van der Waals surface area contributed by atoms with Gasteiger partial charge in [0, 0.05) is 17.5 Å². The molecule has 74 valence electrons. The van der Waals surface area contributed by atoms with Gasteiger partial charge < -0.3 is 5.32 Å². The van der Waals surface area contributed by atoms with E-state index in [1.807, 2.05) is 31.3 Å². The Bertz CT molecular complexity index is 310. The Morgan fingerprint density at radius 2 is 2.07 bits per heavy atom. The summed E-state index contributed by atoms with van der Waals surface area (Å²) in [4.78, 5) is 0. The average molecular weight is 208 g/mol. The fourth-order valence-corrected chi connectivity index (χ4v) is 1.45. The minimum atomic E-state index is 0.348. The van der Waals surface area contributed by atoms with Crippen LogP contribution in [0.25, 0.3) is 0 Å². The largest absolute Gasteiger partial charge is 0.316 e. The molecular weight excluding hydrogens is 194 g/mol. The quantitative estimate of drug-likeness (QED) is 0.749. The van der Waals surface area contributed by atoms with E-state index in [-0.39, 0.29) is 0 Å². The van der Waals surface area contributed by atoms with Gasteiger partial charge in [-0.3, -0.25) is 0 Å². The average Bonchev–Trinajstić information content (AvgIpc) is 2.20. The molecule has 14 heavy (non-hydrogen) atoms. The van der Waals surface area contributed by atoms with Gasteiger partial charge in [-0.05, 0) is 31.2 Å². The van der Waals surface area contributed by atoms with Crippen molar-refractivity contribution in [1.29, 1.82) is 0 Å². The van der Waals surface area contributed by atoms with Crippen LogP contribution in [-0.4, -0.2) is 13.1 Å². The molecule has 0 amide bonds. The summed E-state index contributed by atoms with van der Waals surface area (Å²) >= 11 is 5.80. The molecular formula is C12H14ClN. The Morgan fingerprint density at radius 3 is 2.57 bits per heavy atom. The molecule has 1 unspecified atom stereocenters. The zero-order chi connectivity index (χ0) is 10.4. The summed E-state index contributed by atoms with van der Waals surface area (Å²) in [6, 6.07) is 8.21. The third kappa shape index (κ3) is 3.41. The zero-order valence-electron chi connectivity index (χ0n) is 8.26. The van der Waals surface area contributed by atoms with Crippen LogP contribution in [-0.2, 0) is 6.42 Å². The van der Waals surface area contributed by atoms with E-state index < -0.39 is 0 Å². The summed E-state index contributed by atoms with van der Waals surface area (Å²) in [5.41, 5.74) is 1.25. The monoisotopic (exact) mass is 207 g/mol. The molecule has 0 fully saturated rings. The predicted molar refractivity (Wildman–Crippen MR) is 61.5 cm³/mol. The van der Waals surface area contributed by atoms with Crippen LogP contribution in [0, 0.1) is 12.3 Å². The molecule has 1 aromatic rings. The van der Waals surface area contributed by atoms with Crippen LogP contribution in [0.5, 0.6) is 0 Å². The van der Waals surface area contributed by atoms with Crippen LogP contribution in [0.15, 0.2) is 24.3 Å². The van der Waals surface area contributed by atoms with Crippen molar-refractivity contribution < 1.29 is 0 Å². The van der Waals surface area contributed by atoms with Crippen LogP contribution in [0.4, 0.5) is 0 Å². The third-order valence-corrected chi connectivity index (χ3v) is 2.42. The number of nitrogens with one attached hydrogen (secondary N) is 1. The zero-order valence-corrected chi connectivity index (χ0v) is 9.01. The molecule has 0 spiro atoms. The van der Waals surface area contributed by atoms with E-state index in [9.17, 15) is 0 Å². The second-order valence-corrected chi connectivity index (χ2v) is 3.66. The summed E-state index contributed by atoms with van der Waals surface area (Å²) in [7, 11) is 1.93. The van der Waals surface area contributed by atoms with Crippen LogP contribution >= 0.6 is 11.6 Å². The first-order valence-electron chi connectivity index (χ1n) is 4.61. The maximum Gasteiger partial charge on any atom is 0.0406 e. The smallest absolute Gasteiger partial charge is 0.0406 e. The number of rotatable bonds is 4. The van der Waals surface area contributed by atoms with Gasteiger partial charge in [0.1, 0.15) is 0 Å². The molecule has 1 atom stereocenters. The first-order valence-corrected chi connectivity index (χ1v) is 4.99. The lowest BCUT2D eigenvalue weighted by molar-refractivity contribution is 0.573. The molecule has 0 aliphatic rings. The maximum atomic E-state index is 5.80. The molecule has 0 radical (unpaired) electrons. The van der Waals surface area contributed by atoms with E-state index in [1.54, 1.807) is 0 Å². The molecule has 1 nitrogen and oxygen atoms in total. The maximum absolute atomic E-state index is 5.80. The van der Waals surface area contributed by atoms with Crippen LogP contribution in [0.3, 0.4) is 0 Å². The van der Waals surface area contributed by atoms with Gasteiger partial charge in [-0.15, -0.1) is 12.3 Å². The highest BCUT2D eigenvalue weighted by atomic mass is 35.5.